The lowest BCUT2D eigenvalue weighted by Gasteiger charge is -2.13. The fourth-order valence-electron chi connectivity index (χ4n) is 2.42. The van der Waals surface area contributed by atoms with Gasteiger partial charge in [-0.05, 0) is 37.3 Å². The molecule has 0 unspecified atom stereocenters. The van der Waals surface area contributed by atoms with E-state index in [1.807, 2.05) is 0 Å². The van der Waals surface area contributed by atoms with Crippen molar-refractivity contribution in [3.63, 3.8) is 0 Å². The minimum Gasteiger partial charge on any atom is -0.295 e. The number of anilines is 1. The fraction of sp³-hybridized carbons (Fsp3) is 0.0625. The third-order valence-electron chi connectivity index (χ3n) is 3.61. The maximum Gasteiger partial charge on any atom is 0.270 e. The van der Waals surface area contributed by atoms with Gasteiger partial charge in [0.15, 0.2) is 5.78 Å². The van der Waals surface area contributed by atoms with Crippen molar-refractivity contribution in [2.45, 2.75) is 6.92 Å². The van der Waals surface area contributed by atoms with E-state index in [1.54, 1.807) is 0 Å². The molecule has 0 bridgehead atoms. The number of hydrogen-bond acceptors (Lipinski definition) is 5. The van der Waals surface area contributed by atoms with E-state index in [0.717, 1.165) is 11.0 Å². The molecule has 3 rings (SSSR count). The minimum atomic E-state index is -0.623. The number of amides is 2. The molecule has 114 valence electrons. The molecule has 1 heterocycles. The van der Waals surface area contributed by atoms with Gasteiger partial charge in [-0.2, -0.15) is 0 Å². The summed E-state index contributed by atoms with van der Waals surface area (Å²) in [6.45, 7) is 1.41. The van der Waals surface area contributed by atoms with Gasteiger partial charge in [0.2, 0.25) is 0 Å². The van der Waals surface area contributed by atoms with E-state index in [-0.39, 0.29) is 22.6 Å². The predicted octanol–water partition coefficient (Wildman–Crippen LogP) is 2.60. The van der Waals surface area contributed by atoms with Crippen molar-refractivity contribution in [1.82, 2.24) is 0 Å². The Morgan fingerprint density at radius 2 is 1.61 bits per heavy atom. The summed E-state index contributed by atoms with van der Waals surface area (Å²) in [5.41, 5.74) is 0.639. The number of imide groups is 1. The van der Waals surface area contributed by atoms with Gasteiger partial charge in [0.1, 0.15) is 0 Å². The van der Waals surface area contributed by atoms with Crippen LogP contribution in [0.3, 0.4) is 0 Å². The maximum absolute atomic E-state index is 12.4. The number of fused-ring (bicyclic) bond motifs is 1. The van der Waals surface area contributed by atoms with Crippen LogP contribution >= 0.6 is 0 Å². The monoisotopic (exact) mass is 310 g/mol. The highest BCUT2D eigenvalue weighted by Gasteiger charge is 2.37. The van der Waals surface area contributed by atoms with Crippen molar-refractivity contribution >= 4 is 29.0 Å². The number of hydrogen-bond donors (Lipinski definition) is 0. The molecule has 0 atom stereocenters. The van der Waals surface area contributed by atoms with E-state index in [0.29, 0.717) is 11.3 Å². The Bertz CT molecular complexity index is 871. The van der Waals surface area contributed by atoms with Crippen LogP contribution in [0.2, 0.25) is 0 Å². The van der Waals surface area contributed by atoms with Crippen molar-refractivity contribution < 1.29 is 19.3 Å². The average molecular weight is 310 g/mol. The summed E-state index contributed by atoms with van der Waals surface area (Å²) in [6, 6.07) is 9.58. The molecule has 2 amide bonds. The standard InChI is InChI=1S/C16H10N2O5/c1-9(19)10-2-4-11(5-3-10)17-15(20)13-7-6-12(18(22)23)8-14(13)16(17)21/h2-8H,1H3. The summed E-state index contributed by atoms with van der Waals surface area (Å²) in [5.74, 6) is -1.30. The van der Waals surface area contributed by atoms with Crippen LogP contribution in [-0.4, -0.2) is 22.5 Å². The summed E-state index contributed by atoms with van der Waals surface area (Å²) in [5, 5.41) is 10.8. The molecule has 2 aromatic rings. The van der Waals surface area contributed by atoms with E-state index in [1.165, 1.54) is 43.3 Å². The smallest absolute Gasteiger partial charge is 0.270 e. The molecule has 0 fully saturated rings. The van der Waals surface area contributed by atoms with Crippen molar-refractivity contribution in [1.29, 1.82) is 0 Å². The van der Waals surface area contributed by atoms with Gasteiger partial charge in [0, 0.05) is 17.7 Å². The normalized spacial score (nSPS) is 13.2. The van der Waals surface area contributed by atoms with E-state index >= 15 is 0 Å². The number of rotatable bonds is 3. The van der Waals surface area contributed by atoms with Gasteiger partial charge in [0.25, 0.3) is 17.5 Å². The number of carbonyl (C=O) groups is 3. The number of ketones is 1. The molecule has 0 spiro atoms. The number of nitro benzene ring substituents is 1. The van der Waals surface area contributed by atoms with Crippen LogP contribution < -0.4 is 4.90 Å². The Labute approximate surface area is 130 Å². The fourth-order valence-corrected chi connectivity index (χ4v) is 2.42. The van der Waals surface area contributed by atoms with Gasteiger partial charge in [-0.15, -0.1) is 0 Å². The van der Waals surface area contributed by atoms with Gasteiger partial charge in [-0.3, -0.25) is 24.5 Å². The molecule has 1 aliphatic heterocycles. The Kier molecular flexibility index (Phi) is 3.25. The Morgan fingerprint density at radius 1 is 1.00 bits per heavy atom. The third kappa shape index (κ3) is 2.28. The van der Waals surface area contributed by atoms with Gasteiger partial charge in [-0.25, -0.2) is 4.90 Å². The zero-order valence-corrected chi connectivity index (χ0v) is 12.0. The number of Topliss-reactive ketones (excluding diaryl/α,β-unsaturated/α-hetero) is 1. The van der Waals surface area contributed by atoms with E-state index in [4.69, 9.17) is 0 Å². The SMILES string of the molecule is CC(=O)c1ccc(N2C(=O)c3ccc([N+](=O)[O-])cc3C2=O)cc1. The molecular weight excluding hydrogens is 300 g/mol. The first-order valence-corrected chi connectivity index (χ1v) is 6.68. The Balaban J connectivity index is 2.02. The molecular formula is C16H10N2O5. The lowest BCUT2D eigenvalue weighted by atomic mass is 10.1. The number of carbonyl (C=O) groups excluding carboxylic acids is 3. The molecule has 0 saturated carbocycles. The molecule has 0 N–H and O–H groups in total. The van der Waals surface area contributed by atoms with Gasteiger partial charge in [-0.1, -0.05) is 0 Å². The molecule has 0 saturated heterocycles. The lowest BCUT2D eigenvalue weighted by molar-refractivity contribution is -0.384. The highest BCUT2D eigenvalue weighted by atomic mass is 16.6. The summed E-state index contributed by atoms with van der Waals surface area (Å²) in [6.07, 6.45) is 0. The quantitative estimate of drug-likeness (QED) is 0.375. The summed E-state index contributed by atoms with van der Waals surface area (Å²) in [7, 11) is 0. The second kappa shape index (κ2) is 5.13. The highest BCUT2D eigenvalue weighted by Crippen LogP contribution is 2.30. The van der Waals surface area contributed by atoms with Gasteiger partial charge < -0.3 is 0 Å². The average Bonchev–Trinajstić information content (AvgIpc) is 2.78. The highest BCUT2D eigenvalue weighted by molar-refractivity contribution is 6.34. The number of nitrogens with zero attached hydrogens (tertiary/aromatic N) is 2. The second-order valence-electron chi connectivity index (χ2n) is 5.04. The number of benzene rings is 2. The molecule has 2 aromatic carbocycles. The first-order valence-electron chi connectivity index (χ1n) is 6.68. The topological polar surface area (TPSA) is 97.6 Å². The molecule has 0 radical (unpaired) electrons. The minimum absolute atomic E-state index is 0.000144. The van der Waals surface area contributed by atoms with Crippen LogP contribution in [0.25, 0.3) is 0 Å². The summed E-state index contributed by atoms with van der Waals surface area (Å²) >= 11 is 0. The van der Waals surface area contributed by atoms with Crippen molar-refractivity contribution in [3.05, 3.63) is 69.3 Å². The largest absolute Gasteiger partial charge is 0.295 e. The van der Waals surface area contributed by atoms with Crippen molar-refractivity contribution in [2.75, 3.05) is 4.90 Å². The molecule has 0 aliphatic carbocycles. The zero-order valence-electron chi connectivity index (χ0n) is 12.0. The molecule has 1 aliphatic rings. The maximum atomic E-state index is 12.4. The van der Waals surface area contributed by atoms with E-state index in [2.05, 4.69) is 0 Å². The van der Waals surface area contributed by atoms with Gasteiger partial charge >= 0.3 is 0 Å². The molecule has 7 nitrogen and oxygen atoms in total. The van der Waals surface area contributed by atoms with Crippen LogP contribution in [0.15, 0.2) is 42.5 Å². The van der Waals surface area contributed by atoms with Gasteiger partial charge in [0.05, 0.1) is 21.7 Å². The summed E-state index contributed by atoms with van der Waals surface area (Å²) in [4.78, 5) is 47.2. The van der Waals surface area contributed by atoms with Crippen LogP contribution in [0.1, 0.15) is 38.0 Å². The molecule has 0 aromatic heterocycles. The lowest BCUT2D eigenvalue weighted by Crippen LogP contribution is -2.29. The zero-order chi connectivity index (χ0) is 16.7. The third-order valence-corrected chi connectivity index (χ3v) is 3.61. The molecule has 23 heavy (non-hydrogen) atoms. The van der Waals surface area contributed by atoms with Crippen LogP contribution in [-0.2, 0) is 0 Å². The van der Waals surface area contributed by atoms with Crippen molar-refractivity contribution in [3.8, 4) is 0 Å². The van der Waals surface area contributed by atoms with E-state index < -0.39 is 16.7 Å². The Morgan fingerprint density at radius 3 is 2.17 bits per heavy atom. The number of non-ortho nitro benzene ring substituents is 1. The molecule has 7 heteroatoms. The predicted molar refractivity (Wildman–Crippen MR) is 80.7 cm³/mol. The van der Waals surface area contributed by atoms with Crippen LogP contribution in [0.4, 0.5) is 11.4 Å². The van der Waals surface area contributed by atoms with Crippen molar-refractivity contribution in [2.24, 2.45) is 0 Å². The Hall–Kier alpha value is -3.35. The van der Waals surface area contributed by atoms with E-state index in [9.17, 15) is 24.5 Å². The first kappa shape index (κ1) is 14.6. The first-order chi connectivity index (χ1) is 10.9. The van der Waals surface area contributed by atoms with Crippen LogP contribution in [0.5, 0.6) is 0 Å². The number of nitro groups is 1. The second-order valence-corrected chi connectivity index (χ2v) is 5.04. The summed E-state index contributed by atoms with van der Waals surface area (Å²) < 4.78 is 0. The van der Waals surface area contributed by atoms with Crippen LogP contribution in [0, 0.1) is 10.1 Å².